The maximum absolute atomic E-state index is 13.3. The van der Waals surface area contributed by atoms with Gasteiger partial charge < -0.3 is 20.1 Å². The van der Waals surface area contributed by atoms with Crippen LogP contribution in [0.15, 0.2) is 84.9 Å². The van der Waals surface area contributed by atoms with Crippen molar-refractivity contribution in [3.63, 3.8) is 0 Å². The van der Waals surface area contributed by atoms with Crippen LogP contribution in [-0.2, 0) is 10.3 Å². The molecule has 6 rings (SSSR count). The molecule has 2 atom stereocenters. The largest absolute Gasteiger partial charge is 0.456 e. The monoisotopic (exact) mass is 532 g/mol. The molecule has 40 heavy (non-hydrogen) atoms. The molecule has 0 aliphatic carbocycles. The molecule has 2 unspecified atom stereocenters. The van der Waals surface area contributed by atoms with Crippen LogP contribution in [0.5, 0.6) is 11.5 Å². The second-order valence-corrected chi connectivity index (χ2v) is 10.9. The SMILES string of the molecule is CCCCCCC(Nc1ccc(C)cc1C)Nc1cccc2c1C1(OC(=O)c3ccccc31)c1ccccc1O2. The molecular weight excluding hydrogens is 496 g/mol. The number of anilines is 2. The van der Waals surface area contributed by atoms with Gasteiger partial charge in [0.15, 0.2) is 5.60 Å². The van der Waals surface area contributed by atoms with E-state index in [2.05, 4.69) is 55.7 Å². The molecule has 0 amide bonds. The van der Waals surface area contributed by atoms with E-state index in [1.54, 1.807) is 0 Å². The van der Waals surface area contributed by atoms with Crippen LogP contribution in [0.25, 0.3) is 0 Å². The number of fused-ring (bicyclic) bond motifs is 6. The Morgan fingerprint density at radius 2 is 1.52 bits per heavy atom. The van der Waals surface area contributed by atoms with Crippen LogP contribution < -0.4 is 15.4 Å². The molecule has 2 heterocycles. The van der Waals surface area contributed by atoms with E-state index in [4.69, 9.17) is 9.47 Å². The molecule has 5 heteroatoms. The van der Waals surface area contributed by atoms with Crippen LogP contribution in [0.1, 0.15) is 77.2 Å². The van der Waals surface area contributed by atoms with Crippen LogP contribution in [0.2, 0.25) is 0 Å². The average molecular weight is 533 g/mol. The van der Waals surface area contributed by atoms with Gasteiger partial charge in [0.2, 0.25) is 0 Å². The van der Waals surface area contributed by atoms with Gasteiger partial charge in [0.1, 0.15) is 11.5 Å². The molecule has 1 spiro atoms. The lowest BCUT2D eigenvalue weighted by Gasteiger charge is -2.38. The van der Waals surface area contributed by atoms with Gasteiger partial charge in [-0.25, -0.2) is 4.79 Å². The average Bonchev–Trinajstić information content (AvgIpc) is 3.25. The Balaban J connectivity index is 1.45. The number of aryl methyl sites for hydroxylation is 2. The van der Waals surface area contributed by atoms with Crippen LogP contribution in [0.3, 0.4) is 0 Å². The number of carbonyl (C=O) groups excluding carboxylic acids is 1. The van der Waals surface area contributed by atoms with Gasteiger partial charge in [-0.2, -0.15) is 0 Å². The number of ether oxygens (including phenoxy) is 2. The standard InChI is InChI=1S/C35H36N2O3/c1-4-5-6-7-19-32(36-28-21-20-23(2)22-24(28)3)37-29-16-12-18-31-33(29)35(27-15-10-11-17-30(27)39-31)26-14-9-8-13-25(26)34(38)40-35/h8-18,20-22,32,36-37H,4-7,19H2,1-3H3. The van der Waals surface area contributed by atoms with Gasteiger partial charge in [0, 0.05) is 22.5 Å². The lowest BCUT2D eigenvalue weighted by molar-refractivity contribution is 0.0226. The van der Waals surface area contributed by atoms with E-state index in [0.29, 0.717) is 17.1 Å². The van der Waals surface area contributed by atoms with Gasteiger partial charge in [-0.3, -0.25) is 0 Å². The molecule has 0 fully saturated rings. The van der Waals surface area contributed by atoms with Crippen molar-refractivity contribution in [2.45, 2.75) is 64.6 Å². The Kier molecular flexibility index (Phi) is 6.97. The zero-order chi connectivity index (χ0) is 27.7. The van der Waals surface area contributed by atoms with Crippen molar-refractivity contribution in [1.29, 1.82) is 0 Å². The van der Waals surface area contributed by atoms with Crippen molar-refractivity contribution in [3.8, 4) is 11.5 Å². The Morgan fingerprint density at radius 3 is 2.35 bits per heavy atom. The summed E-state index contributed by atoms with van der Waals surface area (Å²) in [5.41, 5.74) is 6.43. The third kappa shape index (κ3) is 4.49. The van der Waals surface area contributed by atoms with Gasteiger partial charge in [-0.05, 0) is 62.6 Å². The first kappa shape index (κ1) is 26.0. The molecule has 0 saturated carbocycles. The van der Waals surface area contributed by atoms with Crippen LogP contribution in [-0.4, -0.2) is 12.1 Å². The number of unbranched alkanes of at least 4 members (excludes halogenated alkanes) is 3. The molecule has 4 aromatic carbocycles. The van der Waals surface area contributed by atoms with E-state index >= 15 is 0 Å². The minimum atomic E-state index is -1.10. The lowest BCUT2D eigenvalue weighted by Crippen LogP contribution is -2.36. The molecule has 204 valence electrons. The fourth-order valence-electron chi connectivity index (χ4n) is 6.11. The summed E-state index contributed by atoms with van der Waals surface area (Å²) in [7, 11) is 0. The molecular formula is C35H36N2O3. The van der Waals surface area contributed by atoms with Gasteiger partial charge in [-0.15, -0.1) is 0 Å². The van der Waals surface area contributed by atoms with E-state index in [0.717, 1.165) is 40.9 Å². The van der Waals surface area contributed by atoms with Crippen molar-refractivity contribution in [1.82, 2.24) is 0 Å². The molecule has 4 aromatic rings. The van der Waals surface area contributed by atoms with E-state index in [1.165, 1.54) is 30.4 Å². The molecule has 2 aliphatic heterocycles. The smallest absolute Gasteiger partial charge is 0.340 e. The summed E-state index contributed by atoms with van der Waals surface area (Å²) in [6.45, 7) is 6.49. The highest BCUT2D eigenvalue weighted by Gasteiger charge is 2.54. The zero-order valence-electron chi connectivity index (χ0n) is 23.4. The second kappa shape index (κ2) is 10.7. The van der Waals surface area contributed by atoms with Gasteiger partial charge in [0.25, 0.3) is 0 Å². The van der Waals surface area contributed by atoms with Crippen LogP contribution in [0, 0.1) is 13.8 Å². The molecule has 0 aromatic heterocycles. The van der Waals surface area contributed by atoms with Crippen molar-refractivity contribution in [2.24, 2.45) is 0 Å². The quantitative estimate of drug-likeness (QED) is 0.128. The Morgan fingerprint density at radius 1 is 0.775 bits per heavy atom. The minimum Gasteiger partial charge on any atom is -0.456 e. The fraction of sp³-hybridized carbons (Fsp3) is 0.286. The molecule has 2 N–H and O–H groups in total. The highest BCUT2D eigenvalue weighted by molar-refractivity contribution is 5.97. The summed E-state index contributed by atoms with van der Waals surface area (Å²) in [6.07, 6.45) is 5.60. The number of esters is 1. The summed E-state index contributed by atoms with van der Waals surface area (Å²) in [5.74, 6) is 1.06. The third-order valence-corrected chi connectivity index (χ3v) is 8.02. The number of para-hydroxylation sites is 1. The summed E-state index contributed by atoms with van der Waals surface area (Å²) in [5, 5.41) is 7.59. The predicted octanol–water partition coefficient (Wildman–Crippen LogP) is 8.69. The maximum Gasteiger partial charge on any atom is 0.340 e. The summed E-state index contributed by atoms with van der Waals surface area (Å²) < 4.78 is 12.9. The number of hydrogen-bond acceptors (Lipinski definition) is 5. The van der Waals surface area contributed by atoms with Crippen LogP contribution in [0.4, 0.5) is 11.4 Å². The van der Waals surface area contributed by atoms with Gasteiger partial charge >= 0.3 is 5.97 Å². The number of carbonyl (C=O) groups is 1. The molecule has 0 radical (unpaired) electrons. The fourth-order valence-corrected chi connectivity index (χ4v) is 6.11. The molecule has 2 aliphatic rings. The second-order valence-electron chi connectivity index (χ2n) is 10.9. The Hall–Kier alpha value is -4.25. The molecule has 0 bridgehead atoms. The van der Waals surface area contributed by atoms with Crippen molar-refractivity contribution >= 4 is 17.3 Å². The number of rotatable bonds is 9. The van der Waals surface area contributed by atoms with Gasteiger partial charge in [0.05, 0.1) is 17.3 Å². The first-order valence-corrected chi connectivity index (χ1v) is 14.4. The maximum atomic E-state index is 13.3. The van der Waals surface area contributed by atoms with Gasteiger partial charge in [-0.1, -0.05) is 86.3 Å². The predicted molar refractivity (Wildman–Crippen MR) is 160 cm³/mol. The highest BCUT2D eigenvalue weighted by atomic mass is 16.6. The van der Waals surface area contributed by atoms with Crippen molar-refractivity contribution < 1.29 is 14.3 Å². The zero-order valence-corrected chi connectivity index (χ0v) is 23.4. The number of benzene rings is 4. The number of nitrogens with one attached hydrogen (secondary N) is 2. The van der Waals surface area contributed by atoms with E-state index in [-0.39, 0.29) is 12.1 Å². The molecule has 0 saturated heterocycles. The minimum absolute atomic E-state index is 0.0358. The Bertz CT molecular complexity index is 1560. The molecule has 5 nitrogen and oxygen atoms in total. The summed E-state index contributed by atoms with van der Waals surface area (Å²) >= 11 is 0. The van der Waals surface area contributed by atoms with E-state index < -0.39 is 5.60 Å². The lowest BCUT2D eigenvalue weighted by atomic mass is 9.77. The topological polar surface area (TPSA) is 59.6 Å². The summed E-state index contributed by atoms with van der Waals surface area (Å²) in [4.78, 5) is 13.3. The van der Waals surface area contributed by atoms with E-state index in [9.17, 15) is 4.79 Å². The first-order valence-electron chi connectivity index (χ1n) is 14.4. The van der Waals surface area contributed by atoms with Crippen LogP contribution >= 0.6 is 0 Å². The van der Waals surface area contributed by atoms with Crippen molar-refractivity contribution in [3.05, 3.63) is 118 Å². The van der Waals surface area contributed by atoms with E-state index in [1.807, 2.05) is 60.7 Å². The third-order valence-electron chi connectivity index (χ3n) is 8.02. The summed E-state index contributed by atoms with van der Waals surface area (Å²) in [6, 6.07) is 28.1. The number of hydrogen-bond donors (Lipinski definition) is 2. The Labute approximate surface area is 236 Å². The normalized spacial score (nSPS) is 17.3. The van der Waals surface area contributed by atoms with Crippen molar-refractivity contribution in [2.75, 3.05) is 10.6 Å². The first-order chi connectivity index (χ1) is 19.5. The highest BCUT2D eigenvalue weighted by Crippen LogP contribution is 2.58.